The first-order valence-corrected chi connectivity index (χ1v) is 8.24. The highest BCUT2D eigenvalue weighted by molar-refractivity contribution is 8.16. The summed E-state index contributed by atoms with van der Waals surface area (Å²) in [4.78, 5) is 5.94. The standard InChI is InChI=1S/C16H22ClNS/c1-11-9-12(2)15(13(3)10-11)19-16(17)18-14-7-5-4-6-8-14/h9-10,14H,4-8H2,1-3H3. The predicted octanol–water partition coefficient (Wildman–Crippen LogP) is 5.63. The van der Waals surface area contributed by atoms with Crippen molar-refractivity contribution in [3.63, 3.8) is 0 Å². The van der Waals surface area contributed by atoms with Crippen LogP contribution in [-0.4, -0.2) is 10.5 Å². The molecular formula is C16H22ClNS. The van der Waals surface area contributed by atoms with Gasteiger partial charge in [-0.3, -0.25) is 4.99 Å². The normalized spacial score (nSPS) is 17.8. The van der Waals surface area contributed by atoms with E-state index in [1.165, 1.54) is 53.7 Å². The second kappa shape index (κ2) is 6.81. The number of thioether (sulfide) groups is 1. The molecule has 19 heavy (non-hydrogen) atoms. The van der Waals surface area contributed by atoms with Crippen molar-refractivity contribution in [2.75, 3.05) is 0 Å². The average Bonchev–Trinajstić information content (AvgIpc) is 2.35. The molecule has 0 atom stereocenters. The highest BCUT2D eigenvalue weighted by Gasteiger charge is 2.14. The number of benzene rings is 1. The predicted molar refractivity (Wildman–Crippen MR) is 86.7 cm³/mol. The van der Waals surface area contributed by atoms with E-state index < -0.39 is 0 Å². The molecular weight excluding hydrogens is 274 g/mol. The largest absolute Gasteiger partial charge is 0.264 e. The van der Waals surface area contributed by atoms with Gasteiger partial charge in [0.05, 0.1) is 6.04 Å². The number of aliphatic imine (C=N–C) groups is 1. The number of aryl methyl sites for hydroxylation is 3. The summed E-state index contributed by atoms with van der Waals surface area (Å²) in [6.45, 7) is 6.42. The van der Waals surface area contributed by atoms with Crippen LogP contribution >= 0.6 is 23.4 Å². The van der Waals surface area contributed by atoms with E-state index in [9.17, 15) is 0 Å². The zero-order valence-electron chi connectivity index (χ0n) is 12.0. The van der Waals surface area contributed by atoms with Crippen LogP contribution in [0.25, 0.3) is 0 Å². The fourth-order valence-corrected chi connectivity index (χ4v) is 3.97. The van der Waals surface area contributed by atoms with Gasteiger partial charge >= 0.3 is 0 Å². The Labute approximate surface area is 125 Å². The van der Waals surface area contributed by atoms with Crippen molar-refractivity contribution >= 4 is 27.9 Å². The van der Waals surface area contributed by atoms with Gasteiger partial charge in [0.15, 0.2) is 4.50 Å². The molecule has 0 aliphatic heterocycles. The average molecular weight is 296 g/mol. The van der Waals surface area contributed by atoms with Gasteiger partial charge in [-0.2, -0.15) is 0 Å². The number of hydrogen-bond donors (Lipinski definition) is 0. The summed E-state index contributed by atoms with van der Waals surface area (Å²) >= 11 is 7.96. The third-order valence-corrected chi connectivity index (χ3v) is 5.10. The van der Waals surface area contributed by atoms with Crippen LogP contribution in [0, 0.1) is 20.8 Å². The highest BCUT2D eigenvalue weighted by Crippen LogP contribution is 2.31. The summed E-state index contributed by atoms with van der Waals surface area (Å²) in [7, 11) is 0. The number of hydrogen-bond acceptors (Lipinski definition) is 2. The smallest absolute Gasteiger partial charge is 0.163 e. The maximum atomic E-state index is 6.35. The van der Waals surface area contributed by atoms with Crippen molar-refractivity contribution in [1.29, 1.82) is 0 Å². The number of halogens is 1. The minimum Gasteiger partial charge on any atom is -0.264 e. The van der Waals surface area contributed by atoms with E-state index in [2.05, 4.69) is 37.9 Å². The molecule has 0 spiro atoms. The lowest BCUT2D eigenvalue weighted by Gasteiger charge is -2.18. The minimum absolute atomic E-state index is 0.444. The van der Waals surface area contributed by atoms with Crippen molar-refractivity contribution in [3.05, 3.63) is 28.8 Å². The van der Waals surface area contributed by atoms with Gasteiger partial charge in [-0.25, -0.2) is 0 Å². The van der Waals surface area contributed by atoms with Gasteiger partial charge < -0.3 is 0 Å². The Morgan fingerprint density at radius 3 is 2.26 bits per heavy atom. The van der Waals surface area contributed by atoms with Crippen LogP contribution < -0.4 is 0 Å². The molecule has 1 fully saturated rings. The summed E-state index contributed by atoms with van der Waals surface area (Å²) in [5.74, 6) is 0. The lowest BCUT2D eigenvalue weighted by molar-refractivity contribution is 0.444. The molecule has 1 aliphatic rings. The third kappa shape index (κ3) is 4.25. The van der Waals surface area contributed by atoms with Gasteiger partial charge in [-0.1, -0.05) is 60.3 Å². The molecule has 0 saturated heterocycles. The molecule has 104 valence electrons. The first kappa shape index (κ1) is 14.9. The van der Waals surface area contributed by atoms with Crippen LogP contribution in [0.15, 0.2) is 22.0 Å². The van der Waals surface area contributed by atoms with E-state index in [1.54, 1.807) is 11.8 Å². The Hall–Kier alpha value is -0.470. The number of rotatable bonds is 2. The first-order valence-electron chi connectivity index (χ1n) is 7.05. The lowest BCUT2D eigenvalue weighted by atomic mass is 9.96. The topological polar surface area (TPSA) is 12.4 Å². The second-order valence-electron chi connectivity index (χ2n) is 5.50. The fourth-order valence-electron chi connectivity index (χ4n) is 2.79. The molecule has 1 aromatic rings. The van der Waals surface area contributed by atoms with Crippen LogP contribution in [0.3, 0.4) is 0 Å². The molecule has 0 heterocycles. The van der Waals surface area contributed by atoms with Gasteiger partial charge in [-0.15, -0.1) is 0 Å². The van der Waals surface area contributed by atoms with Crippen LogP contribution in [0.4, 0.5) is 0 Å². The lowest BCUT2D eigenvalue weighted by Crippen LogP contribution is -2.10. The number of nitrogens with zero attached hydrogens (tertiary/aromatic N) is 1. The molecule has 0 amide bonds. The molecule has 3 heteroatoms. The van der Waals surface area contributed by atoms with E-state index in [1.807, 2.05) is 0 Å². The summed E-state index contributed by atoms with van der Waals surface area (Å²) in [5.41, 5.74) is 3.89. The van der Waals surface area contributed by atoms with Crippen molar-refractivity contribution in [3.8, 4) is 0 Å². The van der Waals surface area contributed by atoms with Gasteiger partial charge in [0.1, 0.15) is 0 Å². The quantitative estimate of drug-likeness (QED) is 0.391. The molecule has 1 saturated carbocycles. The van der Waals surface area contributed by atoms with E-state index in [0.717, 1.165) is 0 Å². The SMILES string of the molecule is Cc1cc(C)c(SC(Cl)=NC2CCCCC2)c(C)c1. The van der Waals surface area contributed by atoms with Crippen molar-refractivity contribution < 1.29 is 0 Å². The van der Waals surface area contributed by atoms with Crippen molar-refractivity contribution in [2.24, 2.45) is 4.99 Å². The fraction of sp³-hybridized carbons (Fsp3) is 0.562. The Kier molecular flexibility index (Phi) is 5.35. The Morgan fingerprint density at radius 2 is 1.68 bits per heavy atom. The van der Waals surface area contributed by atoms with E-state index in [0.29, 0.717) is 10.5 Å². The monoisotopic (exact) mass is 295 g/mol. The van der Waals surface area contributed by atoms with Crippen LogP contribution in [0.2, 0.25) is 0 Å². The third-order valence-electron chi connectivity index (χ3n) is 3.65. The Morgan fingerprint density at radius 1 is 1.11 bits per heavy atom. The van der Waals surface area contributed by atoms with Crippen LogP contribution in [-0.2, 0) is 0 Å². The van der Waals surface area contributed by atoms with Crippen LogP contribution in [0.1, 0.15) is 48.8 Å². The molecule has 0 radical (unpaired) electrons. The maximum absolute atomic E-state index is 6.35. The molecule has 1 aliphatic carbocycles. The zero-order valence-corrected chi connectivity index (χ0v) is 13.6. The summed E-state index contributed by atoms with van der Waals surface area (Å²) < 4.78 is 0.696. The summed E-state index contributed by atoms with van der Waals surface area (Å²) in [6, 6.07) is 4.86. The molecule has 2 rings (SSSR count). The maximum Gasteiger partial charge on any atom is 0.163 e. The van der Waals surface area contributed by atoms with Crippen molar-refractivity contribution in [2.45, 2.75) is 63.8 Å². The highest BCUT2D eigenvalue weighted by atomic mass is 35.5. The second-order valence-corrected chi connectivity index (χ2v) is 7.08. The minimum atomic E-state index is 0.444. The van der Waals surface area contributed by atoms with Gasteiger partial charge in [-0.05, 0) is 44.7 Å². The summed E-state index contributed by atoms with van der Waals surface area (Å²) in [6.07, 6.45) is 6.34. The van der Waals surface area contributed by atoms with Crippen LogP contribution in [0.5, 0.6) is 0 Å². The van der Waals surface area contributed by atoms with E-state index in [-0.39, 0.29) is 0 Å². The Bertz CT molecular complexity index is 453. The molecule has 0 aromatic heterocycles. The van der Waals surface area contributed by atoms with E-state index in [4.69, 9.17) is 11.6 Å². The van der Waals surface area contributed by atoms with Crippen molar-refractivity contribution in [1.82, 2.24) is 0 Å². The molecule has 0 bridgehead atoms. The summed E-state index contributed by atoms with van der Waals surface area (Å²) in [5, 5.41) is 0. The zero-order chi connectivity index (χ0) is 13.8. The van der Waals surface area contributed by atoms with Gasteiger partial charge in [0.25, 0.3) is 0 Å². The Balaban J connectivity index is 2.09. The first-order chi connectivity index (χ1) is 9.06. The van der Waals surface area contributed by atoms with E-state index >= 15 is 0 Å². The van der Waals surface area contributed by atoms with Gasteiger partial charge in [0.2, 0.25) is 0 Å². The molecule has 0 N–H and O–H groups in total. The van der Waals surface area contributed by atoms with Gasteiger partial charge in [0, 0.05) is 4.90 Å². The molecule has 0 unspecified atom stereocenters. The molecule has 1 aromatic carbocycles. The molecule has 1 nitrogen and oxygen atoms in total.